The molecular formula is C21H24N4. The van der Waals surface area contributed by atoms with Crippen LogP contribution in [0.5, 0.6) is 0 Å². The standard InChI is InChI=1S/C21H24N4/c1-11-5-6-23-21-14(4)17(9-25-20(11)21)16-8-15-7-12(2)24-10-18(15)19(22)13(16)3/h7-11,23H,5-6,22H2,1-4H3. The molecule has 0 aliphatic carbocycles. The lowest BCUT2D eigenvalue weighted by Gasteiger charge is -2.26. The number of aryl methyl sites for hydroxylation is 1. The predicted molar refractivity (Wildman–Crippen MR) is 105 cm³/mol. The van der Waals surface area contributed by atoms with Crippen molar-refractivity contribution in [2.75, 3.05) is 17.6 Å². The molecule has 0 radical (unpaired) electrons. The summed E-state index contributed by atoms with van der Waals surface area (Å²) in [5.74, 6) is 0.500. The second-order valence-electron chi connectivity index (χ2n) is 7.18. The number of aromatic nitrogens is 2. The van der Waals surface area contributed by atoms with Crippen LogP contribution in [0.15, 0.2) is 24.5 Å². The minimum absolute atomic E-state index is 0.500. The summed E-state index contributed by atoms with van der Waals surface area (Å²) in [5.41, 5.74) is 15.3. The zero-order chi connectivity index (χ0) is 17.7. The number of nitrogens with two attached hydrogens (primary N) is 1. The summed E-state index contributed by atoms with van der Waals surface area (Å²) < 4.78 is 0. The number of nitrogens with zero attached hydrogens (tertiary/aromatic N) is 2. The average Bonchev–Trinajstić information content (AvgIpc) is 2.59. The van der Waals surface area contributed by atoms with Gasteiger partial charge >= 0.3 is 0 Å². The zero-order valence-corrected chi connectivity index (χ0v) is 15.3. The SMILES string of the molecule is Cc1cc2cc(-c3cnc4c(c3C)NCCC4C)c(C)c(N)c2cn1. The summed E-state index contributed by atoms with van der Waals surface area (Å²) in [7, 11) is 0. The van der Waals surface area contributed by atoms with E-state index in [1.54, 1.807) is 0 Å². The highest BCUT2D eigenvalue weighted by molar-refractivity contribution is 5.99. The van der Waals surface area contributed by atoms with Crippen LogP contribution in [0, 0.1) is 20.8 Å². The van der Waals surface area contributed by atoms with Crippen molar-refractivity contribution in [2.24, 2.45) is 0 Å². The Morgan fingerprint density at radius 2 is 1.84 bits per heavy atom. The summed E-state index contributed by atoms with van der Waals surface area (Å²) in [5, 5.41) is 5.69. The second kappa shape index (κ2) is 5.73. The van der Waals surface area contributed by atoms with Crippen LogP contribution in [-0.4, -0.2) is 16.5 Å². The molecule has 1 unspecified atom stereocenters. The first-order chi connectivity index (χ1) is 12.0. The van der Waals surface area contributed by atoms with Gasteiger partial charge in [0.25, 0.3) is 0 Å². The highest BCUT2D eigenvalue weighted by Crippen LogP contribution is 2.40. The Bertz CT molecular complexity index is 991. The lowest BCUT2D eigenvalue weighted by Crippen LogP contribution is -2.18. The largest absolute Gasteiger partial charge is 0.398 e. The Hall–Kier alpha value is -2.62. The van der Waals surface area contributed by atoms with Gasteiger partial charge in [0.2, 0.25) is 0 Å². The summed E-state index contributed by atoms with van der Waals surface area (Å²) >= 11 is 0. The molecule has 4 rings (SSSR count). The first-order valence-corrected chi connectivity index (χ1v) is 8.86. The van der Waals surface area contributed by atoms with Crippen molar-refractivity contribution in [1.82, 2.24) is 9.97 Å². The van der Waals surface area contributed by atoms with Crippen LogP contribution in [-0.2, 0) is 0 Å². The van der Waals surface area contributed by atoms with Crippen molar-refractivity contribution in [1.29, 1.82) is 0 Å². The molecule has 3 N–H and O–H groups in total. The van der Waals surface area contributed by atoms with Gasteiger partial charge in [-0.2, -0.15) is 0 Å². The fourth-order valence-electron chi connectivity index (χ4n) is 3.86. The van der Waals surface area contributed by atoms with E-state index in [2.05, 4.69) is 43.2 Å². The van der Waals surface area contributed by atoms with Crippen molar-refractivity contribution in [3.8, 4) is 11.1 Å². The molecule has 0 amide bonds. The molecule has 1 aliphatic rings. The summed E-state index contributed by atoms with van der Waals surface area (Å²) in [6.07, 6.45) is 5.02. The van der Waals surface area contributed by atoms with Crippen LogP contribution < -0.4 is 11.1 Å². The zero-order valence-electron chi connectivity index (χ0n) is 15.3. The van der Waals surface area contributed by atoms with Gasteiger partial charge in [-0.1, -0.05) is 6.92 Å². The van der Waals surface area contributed by atoms with Crippen LogP contribution in [0.2, 0.25) is 0 Å². The normalized spacial score (nSPS) is 16.6. The molecule has 128 valence electrons. The number of pyridine rings is 2. The molecule has 4 heteroatoms. The molecule has 1 atom stereocenters. The molecule has 0 fully saturated rings. The van der Waals surface area contributed by atoms with E-state index in [1.807, 2.05) is 19.3 Å². The third-order valence-corrected chi connectivity index (χ3v) is 5.47. The van der Waals surface area contributed by atoms with E-state index in [0.29, 0.717) is 5.92 Å². The van der Waals surface area contributed by atoms with E-state index >= 15 is 0 Å². The summed E-state index contributed by atoms with van der Waals surface area (Å²) in [6.45, 7) is 9.52. The third-order valence-electron chi connectivity index (χ3n) is 5.47. The highest BCUT2D eigenvalue weighted by Gasteiger charge is 2.22. The Kier molecular flexibility index (Phi) is 3.64. The number of hydrogen-bond acceptors (Lipinski definition) is 4. The average molecular weight is 332 g/mol. The number of rotatable bonds is 1. The van der Waals surface area contributed by atoms with Crippen LogP contribution >= 0.6 is 0 Å². The number of nitrogens with one attached hydrogen (secondary N) is 1. The Morgan fingerprint density at radius 1 is 1.04 bits per heavy atom. The monoisotopic (exact) mass is 332 g/mol. The molecule has 3 aromatic rings. The van der Waals surface area contributed by atoms with E-state index in [1.165, 1.54) is 16.9 Å². The Morgan fingerprint density at radius 3 is 2.64 bits per heavy atom. The Labute approximate surface area is 148 Å². The maximum absolute atomic E-state index is 6.44. The molecule has 4 nitrogen and oxygen atoms in total. The van der Waals surface area contributed by atoms with Crippen LogP contribution in [0.4, 0.5) is 11.4 Å². The Balaban J connectivity index is 1.97. The lowest BCUT2D eigenvalue weighted by molar-refractivity contribution is 0.660. The molecule has 0 saturated heterocycles. The van der Waals surface area contributed by atoms with Gasteiger partial charge in [-0.15, -0.1) is 0 Å². The lowest BCUT2D eigenvalue weighted by atomic mass is 9.89. The van der Waals surface area contributed by atoms with E-state index in [9.17, 15) is 0 Å². The minimum atomic E-state index is 0.500. The summed E-state index contributed by atoms with van der Waals surface area (Å²) in [6, 6.07) is 4.31. The van der Waals surface area contributed by atoms with Gasteiger partial charge in [-0.25, -0.2) is 0 Å². The van der Waals surface area contributed by atoms with E-state index < -0.39 is 0 Å². The molecule has 0 spiro atoms. The first-order valence-electron chi connectivity index (χ1n) is 8.86. The number of fused-ring (bicyclic) bond motifs is 2. The van der Waals surface area contributed by atoms with Crippen molar-refractivity contribution in [2.45, 2.75) is 40.0 Å². The van der Waals surface area contributed by atoms with Crippen molar-refractivity contribution >= 4 is 22.1 Å². The quantitative estimate of drug-likeness (QED) is 0.633. The summed E-state index contributed by atoms with van der Waals surface area (Å²) in [4.78, 5) is 9.18. The maximum Gasteiger partial charge on any atom is 0.0666 e. The fraction of sp³-hybridized carbons (Fsp3) is 0.333. The predicted octanol–water partition coefficient (Wildman–Crippen LogP) is 4.72. The number of hydrogen-bond donors (Lipinski definition) is 2. The van der Waals surface area contributed by atoms with Crippen molar-refractivity contribution < 1.29 is 0 Å². The van der Waals surface area contributed by atoms with Gasteiger partial charge in [-0.3, -0.25) is 9.97 Å². The van der Waals surface area contributed by atoms with Gasteiger partial charge in [0.15, 0.2) is 0 Å². The van der Waals surface area contributed by atoms with E-state index in [4.69, 9.17) is 10.7 Å². The van der Waals surface area contributed by atoms with Crippen molar-refractivity contribution in [3.63, 3.8) is 0 Å². The molecule has 0 saturated carbocycles. The number of anilines is 2. The minimum Gasteiger partial charge on any atom is -0.398 e. The van der Waals surface area contributed by atoms with Crippen LogP contribution in [0.3, 0.4) is 0 Å². The fourth-order valence-corrected chi connectivity index (χ4v) is 3.86. The molecule has 2 aromatic heterocycles. The topological polar surface area (TPSA) is 63.8 Å². The highest BCUT2D eigenvalue weighted by atomic mass is 14.9. The van der Waals surface area contributed by atoms with Crippen molar-refractivity contribution in [3.05, 3.63) is 47.0 Å². The van der Waals surface area contributed by atoms with Gasteiger partial charge in [0.1, 0.15) is 0 Å². The number of benzene rings is 1. The molecule has 1 aliphatic heterocycles. The molecule has 25 heavy (non-hydrogen) atoms. The molecule has 1 aromatic carbocycles. The molecule has 0 bridgehead atoms. The van der Waals surface area contributed by atoms with E-state index in [-0.39, 0.29) is 0 Å². The maximum atomic E-state index is 6.44. The molecular weight excluding hydrogens is 308 g/mol. The molecule has 3 heterocycles. The number of nitrogen functional groups attached to an aromatic ring is 1. The first kappa shape index (κ1) is 15.9. The van der Waals surface area contributed by atoms with Crippen LogP contribution in [0.25, 0.3) is 21.9 Å². The van der Waals surface area contributed by atoms with Gasteiger partial charge in [0, 0.05) is 47.2 Å². The third kappa shape index (κ3) is 2.44. The smallest absolute Gasteiger partial charge is 0.0666 e. The van der Waals surface area contributed by atoms with Gasteiger partial charge in [-0.05, 0) is 61.4 Å². The van der Waals surface area contributed by atoms with E-state index in [0.717, 1.165) is 51.8 Å². The van der Waals surface area contributed by atoms with Gasteiger partial charge < -0.3 is 11.1 Å². The van der Waals surface area contributed by atoms with Crippen LogP contribution in [0.1, 0.15) is 41.8 Å². The second-order valence-corrected chi connectivity index (χ2v) is 7.18. The van der Waals surface area contributed by atoms with Gasteiger partial charge in [0.05, 0.1) is 11.4 Å².